The Hall–Kier alpha value is -2.83. The summed E-state index contributed by atoms with van der Waals surface area (Å²) in [4.78, 5) is 13.1. The van der Waals surface area contributed by atoms with Gasteiger partial charge in [0, 0.05) is 0 Å². The Bertz CT molecular complexity index is 1130. The van der Waals surface area contributed by atoms with Gasteiger partial charge in [-0.05, 0) is 43.2 Å². The van der Waals surface area contributed by atoms with E-state index in [0.29, 0.717) is 6.42 Å². The van der Waals surface area contributed by atoms with Crippen molar-refractivity contribution >= 4 is 33.2 Å². The molecule has 0 fully saturated rings. The monoisotopic (exact) mass is 456 g/mol. The fourth-order valence-corrected chi connectivity index (χ4v) is 5.00. The van der Waals surface area contributed by atoms with E-state index in [0.717, 1.165) is 15.4 Å². The van der Waals surface area contributed by atoms with Crippen LogP contribution in [0.25, 0.3) is 0 Å². The molecule has 1 unspecified atom stereocenters. The molecule has 3 aromatic rings. The van der Waals surface area contributed by atoms with E-state index in [1.54, 1.807) is 36.4 Å². The van der Waals surface area contributed by atoms with Crippen molar-refractivity contribution in [1.29, 1.82) is 0 Å². The number of aryl methyl sites for hydroxylation is 1. The minimum Gasteiger partial charge on any atom is -0.348 e. The Morgan fingerprint density at radius 2 is 1.58 bits per heavy atom. The van der Waals surface area contributed by atoms with E-state index < -0.39 is 15.9 Å². The van der Waals surface area contributed by atoms with Gasteiger partial charge in [-0.2, -0.15) is 0 Å². The Kier molecular flexibility index (Phi) is 7.36. The van der Waals surface area contributed by atoms with Crippen LogP contribution in [-0.4, -0.2) is 20.9 Å². The van der Waals surface area contributed by atoms with Crippen LogP contribution in [0, 0.1) is 6.92 Å². The highest BCUT2D eigenvalue weighted by atomic mass is 35.5. The van der Waals surface area contributed by atoms with E-state index in [1.165, 1.54) is 12.1 Å². The number of benzene rings is 3. The van der Waals surface area contributed by atoms with Gasteiger partial charge in [-0.1, -0.05) is 78.7 Å². The summed E-state index contributed by atoms with van der Waals surface area (Å²) in [6.07, 6.45) is 0.673. The number of anilines is 1. The van der Waals surface area contributed by atoms with Crippen molar-refractivity contribution in [3.63, 3.8) is 0 Å². The lowest BCUT2D eigenvalue weighted by molar-refractivity contribution is -0.120. The zero-order valence-electron chi connectivity index (χ0n) is 17.5. The molecule has 0 bridgehead atoms. The van der Waals surface area contributed by atoms with Gasteiger partial charge in [0.1, 0.15) is 6.54 Å². The number of halogens is 1. The molecule has 0 aliphatic rings. The van der Waals surface area contributed by atoms with Crippen molar-refractivity contribution in [3.05, 3.63) is 95.0 Å². The maximum atomic E-state index is 13.4. The molecule has 31 heavy (non-hydrogen) atoms. The number of sulfonamides is 1. The molecule has 1 atom stereocenters. The molecular weight excluding hydrogens is 432 g/mol. The van der Waals surface area contributed by atoms with Gasteiger partial charge in [0.2, 0.25) is 5.91 Å². The van der Waals surface area contributed by atoms with Crippen molar-refractivity contribution in [2.75, 3.05) is 10.8 Å². The zero-order valence-corrected chi connectivity index (χ0v) is 19.0. The molecule has 0 aromatic heterocycles. The van der Waals surface area contributed by atoms with Crippen LogP contribution < -0.4 is 9.62 Å². The molecule has 0 radical (unpaired) electrons. The van der Waals surface area contributed by atoms with Crippen LogP contribution in [0.5, 0.6) is 0 Å². The van der Waals surface area contributed by atoms with E-state index in [2.05, 4.69) is 5.32 Å². The summed E-state index contributed by atoms with van der Waals surface area (Å²) in [5, 5.41) is 3.20. The van der Waals surface area contributed by atoms with Crippen molar-refractivity contribution in [1.82, 2.24) is 5.32 Å². The molecule has 5 nitrogen and oxygen atoms in total. The molecule has 3 aromatic carbocycles. The van der Waals surface area contributed by atoms with E-state index in [9.17, 15) is 13.2 Å². The molecule has 0 saturated heterocycles. The summed E-state index contributed by atoms with van der Waals surface area (Å²) >= 11 is 6.31. The second kappa shape index (κ2) is 9.98. The summed E-state index contributed by atoms with van der Waals surface area (Å²) in [5.41, 5.74) is 2.16. The molecule has 0 aliphatic carbocycles. The van der Waals surface area contributed by atoms with Gasteiger partial charge < -0.3 is 5.32 Å². The number of para-hydroxylation sites is 1. The highest BCUT2D eigenvalue weighted by molar-refractivity contribution is 7.92. The Morgan fingerprint density at radius 3 is 2.19 bits per heavy atom. The number of carbonyl (C=O) groups is 1. The Labute approximate surface area is 188 Å². The second-order valence-corrected chi connectivity index (χ2v) is 9.48. The normalized spacial score (nSPS) is 12.2. The predicted molar refractivity (Wildman–Crippen MR) is 125 cm³/mol. The number of rotatable bonds is 8. The zero-order chi connectivity index (χ0) is 22.4. The van der Waals surface area contributed by atoms with Crippen molar-refractivity contribution < 1.29 is 13.2 Å². The third-order valence-electron chi connectivity index (χ3n) is 4.96. The SMILES string of the molecule is CCC(NC(=O)CN(c1ccccc1Cl)S(=O)(=O)c1ccc(C)cc1)c1ccccc1. The van der Waals surface area contributed by atoms with Crippen LogP contribution in [0.15, 0.2) is 83.8 Å². The fourth-order valence-electron chi connectivity index (χ4n) is 3.27. The lowest BCUT2D eigenvalue weighted by Gasteiger charge is -2.26. The quantitative estimate of drug-likeness (QED) is 0.512. The number of nitrogens with zero attached hydrogens (tertiary/aromatic N) is 1. The summed E-state index contributed by atoms with van der Waals surface area (Å²) in [6, 6.07) is 22.5. The lowest BCUT2D eigenvalue weighted by Crippen LogP contribution is -2.42. The summed E-state index contributed by atoms with van der Waals surface area (Å²) in [5.74, 6) is -0.411. The Balaban J connectivity index is 1.93. The van der Waals surface area contributed by atoms with Gasteiger partial charge in [-0.3, -0.25) is 9.10 Å². The molecular formula is C24H25ClN2O3S. The Morgan fingerprint density at radius 1 is 0.968 bits per heavy atom. The molecule has 162 valence electrons. The summed E-state index contributed by atoms with van der Waals surface area (Å²) < 4.78 is 28.0. The van der Waals surface area contributed by atoms with Crippen LogP contribution in [0.1, 0.15) is 30.5 Å². The van der Waals surface area contributed by atoms with Crippen LogP contribution >= 0.6 is 11.6 Å². The molecule has 7 heteroatoms. The second-order valence-electron chi connectivity index (χ2n) is 7.22. The number of carbonyl (C=O) groups excluding carboxylic acids is 1. The van der Waals surface area contributed by atoms with Crippen molar-refractivity contribution in [3.8, 4) is 0 Å². The number of hydrogen-bond acceptors (Lipinski definition) is 3. The first-order chi connectivity index (χ1) is 14.8. The maximum Gasteiger partial charge on any atom is 0.264 e. The molecule has 0 spiro atoms. The highest BCUT2D eigenvalue weighted by Gasteiger charge is 2.29. The van der Waals surface area contributed by atoms with E-state index >= 15 is 0 Å². The number of nitrogens with one attached hydrogen (secondary N) is 1. The lowest BCUT2D eigenvalue weighted by atomic mass is 10.0. The van der Waals surface area contributed by atoms with Gasteiger partial charge in [0.05, 0.1) is 21.6 Å². The first-order valence-corrected chi connectivity index (χ1v) is 11.8. The maximum absolute atomic E-state index is 13.4. The molecule has 1 N–H and O–H groups in total. The van der Waals surface area contributed by atoms with Crippen molar-refractivity contribution in [2.45, 2.75) is 31.2 Å². The average Bonchev–Trinajstić information content (AvgIpc) is 2.77. The molecule has 3 rings (SSSR count). The highest BCUT2D eigenvalue weighted by Crippen LogP contribution is 2.30. The predicted octanol–water partition coefficient (Wildman–Crippen LogP) is 5.11. The van der Waals surface area contributed by atoms with Crippen LogP contribution in [0.2, 0.25) is 5.02 Å². The van der Waals surface area contributed by atoms with Gasteiger partial charge in [0.25, 0.3) is 10.0 Å². The van der Waals surface area contributed by atoms with Crippen LogP contribution in [-0.2, 0) is 14.8 Å². The molecule has 1 amide bonds. The first kappa shape index (κ1) is 22.8. The summed E-state index contributed by atoms with van der Waals surface area (Å²) in [7, 11) is -4.01. The van der Waals surface area contributed by atoms with Crippen LogP contribution in [0.3, 0.4) is 0 Å². The fraction of sp³-hybridized carbons (Fsp3) is 0.208. The largest absolute Gasteiger partial charge is 0.348 e. The average molecular weight is 457 g/mol. The van der Waals surface area contributed by atoms with Gasteiger partial charge in [-0.25, -0.2) is 8.42 Å². The van der Waals surface area contributed by atoms with E-state index in [-0.39, 0.29) is 28.2 Å². The molecule has 0 heterocycles. The number of amides is 1. The van der Waals surface area contributed by atoms with Gasteiger partial charge in [-0.15, -0.1) is 0 Å². The molecule has 0 saturated carbocycles. The summed E-state index contributed by atoms with van der Waals surface area (Å²) in [6.45, 7) is 3.46. The molecule has 0 aliphatic heterocycles. The van der Waals surface area contributed by atoms with Crippen LogP contribution in [0.4, 0.5) is 5.69 Å². The van der Waals surface area contributed by atoms with Gasteiger partial charge in [0.15, 0.2) is 0 Å². The van der Waals surface area contributed by atoms with E-state index in [4.69, 9.17) is 11.6 Å². The minimum absolute atomic E-state index is 0.0981. The standard InChI is InChI=1S/C24H25ClN2O3S/c1-3-22(19-9-5-4-6-10-19)26-24(28)17-27(23-12-8-7-11-21(23)25)31(29,30)20-15-13-18(2)14-16-20/h4-16,22H,3,17H2,1-2H3,(H,26,28). The smallest absolute Gasteiger partial charge is 0.264 e. The third kappa shape index (κ3) is 5.46. The first-order valence-electron chi connectivity index (χ1n) is 10.0. The van der Waals surface area contributed by atoms with Gasteiger partial charge >= 0.3 is 0 Å². The number of hydrogen-bond donors (Lipinski definition) is 1. The van der Waals surface area contributed by atoms with Crippen molar-refractivity contribution in [2.24, 2.45) is 0 Å². The van der Waals surface area contributed by atoms with E-state index in [1.807, 2.05) is 44.2 Å². The minimum atomic E-state index is -4.01. The topological polar surface area (TPSA) is 66.5 Å². The third-order valence-corrected chi connectivity index (χ3v) is 7.06.